The van der Waals surface area contributed by atoms with E-state index >= 15 is 0 Å². The van der Waals surface area contributed by atoms with Gasteiger partial charge in [-0.1, -0.05) is 32.4 Å². The van der Waals surface area contributed by atoms with Crippen molar-refractivity contribution < 1.29 is 14.3 Å². The van der Waals surface area contributed by atoms with Gasteiger partial charge in [-0.3, -0.25) is 10.9 Å². The molecule has 0 bridgehead atoms. The molecule has 6 nitrogen and oxygen atoms in total. The van der Waals surface area contributed by atoms with Crippen LogP contribution in [0.3, 0.4) is 0 Å². The first-order valence-corrected chi connectivity index (χ1v) is 11.2. The molecule has 0 aliphatic carbocycles. The zero-order valence-corrected chi connectivity index (χ0v) is 20.0. The standard InChI is InChI=1S/C23H36ClN3O3/c1-14-10-20(16(11-17(14)24)22(2,3)4)29-13-19-15-12-27(9-8-18(15)25-26-19)21(28)30-23(5,6)7/h10-11,15,18-19,25-26H,8-9,12-13H2,1-7H3. The zero-order valence-electron chi connectivity index (χ0n) is 19.3. The summed E-state index contributed by atoms with van der Waals surface area (Å²) in [4.78, 5) is 14.4. The Kier molecular flexibility index (Phi) is 6.61. The Bertz CT molecular complexity index is 785. The second kappa shape index (κ2) is 8.56. The highest BCUT2D eigenvalue weighted by atomic mass is 35.5. The first-order chi connectivity index (χ1) is 13.8. The molecule has 0 saturated carbocycles. The second-order valence-electron chi connectivity index (χ2n) is 10.5. The van der Waals surface area contributed by atoms with E-state index in [0.717, 1.165) is 28.3 Å². The van der Waals surface area contributed by atoms with Gasteiger partial charge < -0.3 is 14.4 Å². The molecule has 1 aromatic carbocycles. The summed E-state index contributed by atoms with van der Waals surface area (Å²) >= 11 is 6.37. The monoisotopic (exact) mass is 437 g/mol. The van der Waals surface area contributed by atoms with Crippen molar-refractivity contribution in [3.05, 3.63) is 28.3 Å². The van der Waals surface area contributed by atoms with Crippen LogP contribution in [0.4, 0.5) is 4.79 Å². The lowest BCUT2D eigenvalue weighted by Crippen LogP contribution is -2.50. The predicted octanol–water partition coefficient (Wildman–Crippen LogP) is 4.43. The average Bonchev–Trinajstić information content (AvgIpc) is 3.02. The molecule has 30 heavy (non-hydrogen) atoms. The summed E-state index contributed by atoms with van der Waals surface area (Å²) in [6, 6.07) is 4.46. The molecule has 1 amide bonds. The maximum Gasteiger partial charge on any atom is 0.410 e. The zero-order chi connectivity index (χ0) is 22.3. The number of carbonyl (C=O) groups excluding carboxylic acids is 1. The summed E-state index contributed by atoms with van der Waals surface area (Å²) in [5.74, 6) is 1.13. The van der Waals surface area contributed by atoms with E-state index in [0.29, 0.717) is 25.7 Å². The maximum atomic E-state index is 12.5. The summed E-state index contributed by atoms with van der Waals surface area (Å²) in [7, 11) is 0. The minimum atomic E-state index is -0.488. The van der Waals surface area contributed by atoms with Crippen LogP contribution in [-0.4, -0.2) is 48.4 Å². The summed E-state index contributed by atoms with van der Waals surface area (Å²) < 4.78 is 11.9. The summed E-state index contributed by atoms with van der Waals surface area (Å²) in [6.45, 7) is 16.0. The van der Waals surface area contributed by atoms with Gasteiger partial charge in [0.25, 0.3) is 0 Å². The molecule has 2 aliphatic rings. The van der Waals surface area contributed by atoms with E-state index < -0.39 is 5.60 Å². The topological polar surface area (TPSA) is 62.8 Å². The number of amides is 1. The van der Waals surface area contributed by atoms with Crippen LogP contribution >= 0.6 is 11.6 Å². The summed E-state index contributed by atoms with van der Waals surface area (Å²) in [5.41, 5.74) is 8.31. The molecular formula is C23H36ClN3O3. The molecule has 2 fully saturated rings. The lowest BCUT2D eigenvalue weighted by atomic mass is 9.85. The Balaban J connectivity index is 1.68. The minimum absolute atomic E-state index is 0.0745. The number of nitrogens with one attached hydrogen (secondary N) is 2. The van der Waals surface area contributed by atoms with Gasteiger partial charge in [0.05, 0.1) is 6.04 Å². The molecule has 3 rings (SSSR count). The molecule has 2 heterocycles. The van der Waals surface area contributed by atoms with Crippen LogP contribution in [0.25, 0.3) is 0 Å². The van der Waals surface area contributed by atoms with Crippen LogP contribution in [0.2, 0.25) is 5.02 Å². The molecule has 0 aromatic heterocycles. The van der Waals surface area contributed by atoms with Gasteiger partial charge in [0, 0.05) is 35.6 Å². The average molecular weight is 438 g/mol. The molecule has 3 atom stereocenters. The van der Waals surface area contributed by atoms with Gasteiger partial charge in [0.15, 0.2) is 0 Å². The molecule has 168 valence electrons. The second-order valence-corrected chi connectivity index (χ2v) is 10.9. The third-order valence-corrected chi connectivity index (χ3v) is 6.18. The van der Waals surface area contributed by atoms with E-state index in [1.165, 1.54) is 0 Å². The number of carbonyl (C=O) groups is 1. The third-order valence-electron chi connectivity index (χ3n) is 5.77. The largest absolute Gasteiger partial charge is 0.492 e. The number of aryl methyl sites for hydroxylation is 1. The number of ether oxygens (including phenoxy) is 2. The van der Waals surface area contributed by atoms with E-state index in [1.807, 2.05) is 44.7 Å². The SMILES string of the molecule is Cc1cc(OCC2NNC3CCN(C(=O)OC(C)(C)C)CC32)c(C(C)(C)C)cc1Cl. The van der Waals surface area contributed by atoms with Gasteiger partial charge in [-0.05, 0) is 57.2 Å². The first-order valence-electron chi connectivity index (χ1n) is 10.8. The number of benzene rings is 1. The van der Waals surface area contributed by atoms with E-state index in [9.17, 15) is 4.79 Å². The van der Waals surface area contributed by atoms with Crippen molar-refractivity contribution >= 4 is 17.7 Å². The lowest BCUT2D eigenvalue weighted by Gasteiger charge is -2.36. The smallest absolute Gasteiger partial charge is 0.410 e. The molecule has 0 radical (unpaired) electrons. The van der Waals surface area contributed by atoms with Crippen molar-refractivity contribution in [3.63, 3.8) is 0 Å². The number of nitrogens with zero attached hydrogens (tertiary/aromatic N) is 1. The van der Waals surface area contributed by atoms with Crippen molar-refractivity contribution in [1.29, 1.82) is 0 Å². The first kappa shape index (κ1) is 23.2. The molecule has 3 unspecified atom stereocenters. The minimum Gasteiger partial charge on any atom is -0.492 e. The van der Waals surface area contributed by atoms with Crippen LogP contribution in [0.5, 0.6) is 5.75 Å². The molecule has 1 aromatic rings. The predicted molar refractivity (Wildman–Crippen MR) is 120 cm³/mol. The number of rotatable bonds is 3. The Morgan fingerprint density at radius 3 is 2.53 bits per heavy atom. The van der Waals surface area contributed by atoms with Gasteiger partial charge in [-0.15, -0.1) is 0 Å². The number of fused-ring (bicyclic) bond motifs is 1. The molecule has 0 spiro atoms. The molecule has 2 saturated heterocycles. The van der Waals surface area contributed by atoms with Crippen molar-refractivity contribution in [1.82, 2.24) is 15.8 Å². The fourth-order valence-corrected chi connectivity index (χ4v) is 4.25. The highest BCUT2D eigenvalue weighted by Gasteiger charge is 2.42. The number of hydrogen-bond acceptors (Lipinski definition) is 5. The number of halogens is 1. The van der Waals surface area contributed by atoms with Gasteiger partial charge in [0.1, 0.15) is 18.0 Å². The fourth-order valence-electron chi connectivity index (χ4n) is 4.09. The van der Waals surface area contributed by atoms with Crippen LogP contribution in [0, 0.1) is 12.8 Å². The Labute approximate surface area is 185 Å². The van der Waals surface area contributed by atoms with Crippen molar-refractivity contribution in [2.24, 2.45) is 5.92 Å². The number of likely N-dealkylation sites (tertiary alicyclic amines) is 1. The van der Waals surface area contributed by atoms with Gasteiger partial charge in [0.2, 0.25) is 0 Å². The molecular weight excluding hydrogens is 402 g/mol. The lowest BCUT2D eigenvalue weighted by molar-refractivity contribution is 0.0141. The highest BCUT2D eigenvalue weighted by Crippen LogP contribution is 2.36. The third kappa shape index (κ3) is 5.40. The number of piperidine rings is 1. The Morgan fingerprint density at radius 1 is 1.20 bits per heavy atom. The quantitative estimate of drug-likeness (QED) is 0.732. The molecule has 2 N–H and O–H groups in total. The maximum absolute atomic E-state index is 12.5. The Hall–Kier alpha value is -1.50. The summed E-state index contributed by atoms with van der Waals surface area (Å²) in [6.07, 6.45) is 0.650. The number of hydrazine groups is 1. The van der Waals surface area contributed by atoms with Crippen LogP contribution in [0.1, 0.15) is 59.1 Å². The number of hydrogen-bond donors (Lipinski definition) is 2. The fraction of sp³-hybridized carbons (Fsp3) is 0.696. The van der Waals surface area contributed by atoms with E-state index in [1.54, 1.807) is 0 Å². The van der Waals surface area contributed by atoms with Crippen LogP contribution < -0.4 is 15.6 Å². The summed E-state index contributed by atoms with van der Waals surface area (Å²) in [5, 5.41) is 0.758. The van der Waals surface area contributed by atoms with Gasteiger partial charge in [-0.25, -0.2) is 4.79 Å². The van der Waals surface area contributed by atoms with E-state index in [-0.39, 0.29) is 23.5 Å². The normalized spacial score (nSPS) is 24.5. The van der Waals surface area contributed by atoms with E-state index in [2.05, 4.69) is 31.6 Å². The molecule has 2 aliphatic heterocycles. The van der Waals surface area contributed by atoms with Gasteiger partial charge >= 0.3 is 6.09 Å². The van der Waals surface area contributed by atoms with Crippen molar-refractivity contribution in [2.75, 3.05) is 19.7 Å². The van der Waals surface area contributed by atoms with E-state index in [4.69, 9.17) is 21.1 Å². The molecule has 7 heteroatoms. The van der Waals surface area contributed by atoms with Gasteiger partial charge in [-0.2, -0.15) is 0 Å². The van der Waals surface area contributed by atoms with Crippen molar-refractivity contribution in [2.45, 2.75) is 78.0 Å². The Morgan fingerprint density at radius 2 is 1.90 bits per heavy atom. The highest BCUT2D eigenvalue weighted by molar-refractivity contribution is 6.31. The van der Waals surface area contributed by atoms with Crippen molar-refractivity contribution in [3.8, 4) is 5.75 Å². The van der Waals surface area contributed by atoms with Crippen LogP contribution in [0.15, 0.2) is 12.1 Å². The van der Waals surface area contributed by atoms with Crippen LogP contribution in [-0.2, 0) is 10.2 Å².